The van der Waals surface area contributed by atoms with Crippen molar-refractivity contribution in [3.8, 4) is 0 Å². The smallest absolute Gasteiger partial charge is 0.265 e. The number of benzene rings is 1. The standard InChI is InChI=1S/C12H9FN2O2S/c1-15-11(17)8(10(16)14-12(15)18)6-7-4-2-3-5-9(7)13/h2-6H,1H3,(H,14,16,18)/b8-6+. The summed E-state index contributed by atoms with van der Waals surface area (Å²) >= 11 is 4.80. The zero-order valence-electron chi connectivity index (χ0n) is 9.44. The summed E-state index contributed by atoms with van der Waals surface area (Å²) < 4.78 is 13.4. The normalized spacial score (nSPS) is 18.2. The first-order valence-corrected chi connectivity index (χ1v) is 5.51. The van der Waals surface area contributed by atoms with E-state index in [1.807, 2.05) is 0 Å². The molecule has 0 radical (unpaired) electrons. The molecular weight excluding hydrogens is 255 g/mol. The molecule has 6 heteroatoms. The van der Waals surface area contributed by atoms with Crippen LogP contribution in [0.2, 0.25) is 0 Å². The van der Waals surface area contributed by atoms with E-state index in [9.17, 15) is 14.0 Å². The molecule has 2 rings (SSSR count). The number of halogens is 1. The number of hydrogen-bond donors (Lipinski definition) is 1. The summed E-state index contributed by atoms with van der Waals surface area (Å²) in [5, 5.41) is 2.39. The average molecular weight is 264 g/mol. The molecule has 1 aromatic rings. The van der Waals surface area contributed by atoms with Crippen molar-refractivity contribution in [2.75, 3.05) is 7.05 Å². The highest BCUT2D eigenvalue weighted by Gasteiger charge is 2.30. The Morgan fingerprint density at radius 2 is 2.00 bits per heavy atom. The maximum Gasteiger partial charge on any atom is 0.265 e. The molecule has 0 unspecified atom stereocenters. The van der Waals surface area contributed by atoms with E-state index in [0.29, 0.717) is 0 Å². The Morgan fingerprint density at radius 3 is 2.67 bits per heavy atom. The molecule has 1 saturated heterocycles. The topological polar surface area (TPSA) is 49.4 Å². The molecule has 92 valence electrons. The van der Waals surface area contributed by atoms with Gasteiger partial charge in [-0.05, 0) is 24.4 Å². The van der Waals surface area contributed by atoms with Crippen molar-refractivity contribution in [2.45, 2.75) is 0 Å². The highest BCUT2D eigenvalue weighted by atomic mass is 32.1. The zero-order chi connectivity index (χ0) is 13.3. The Balaban J connectivity index is 2.44. The van der Waals surface area contributed by atoms with Crippen LogP contribution in [0.1, 0.15) is 5.56 Å². The van der Waals surface area contributed by atoms with Gasteiger partial charge < -0.3 is 0 Å². The molecule has 4 nitrogen and oxygen atoms in total. The van der Waals surface area contributed by atoms with Crippen molar-refractivity contribution in [1.82, 2.24) is 10.2 Å². The predicted molar refractivity (Wildman–Crippen MR) is 67.9 cm³/mol. The van der Waals surface area contributed by atoms with Crippen LogP contribution in [0.4, 0.5) is 4.39 Å². The van der Waals surface area contributed by atoms with Gasteiger partial charge in [0.15, 0.2) is 5.11 Å². The van der Waals surface area contributed by atoms with Gasteiger partial charge in [0.1, 0.15) is 11.4 Å². The molecular formula is C12H9FN2O2S. The number of nitrogens with zero attached hydrogens (tertiary/aromatic N) is 1. The molecule has 0 atom stereocenters. The molecule has 1 aliphatic rings. The second-order valence-corrected chi connectivity index (χ2v) is 4.09. The van der Waals surface area contributed by atoms with Crippen LogP contribution in [-0.2, 0) is 9.59 Å². The number of carbonyl (C=O) groups is 2. The number of likely N-dealkylation sites (N-methyl/N-ethyl adjacent to an activating group) is 1. The molecule has 1 N–H and O–H groups in total. The second kappa shape index (κ2) is 4.66. The third-order valence-corrected chi connectivity index (χ3v) is 2.89. The maximum atomic E-state index is 13.4. The summed E-state index contributed by atoms with van der Waals surface area (Å²) in [6, 6.07) is 5.89. The van der Waals surface area contributed by atoms with Gasteiger partial charge in [0.05, 0.1) is 0 Å². The van der Waals surface area contributed by atoms with Crippen LogP contribution in [0.15, 0.2) is 29.8 Å². The fourth-order valence-electron chi connectivity index (χ4n) is 1.49. The number of thiocarbonyl (C=S) groups is 1. The van der Waals surface area contributed by atoms with Gasteiger partial charge in [-0.15, -0.1) is 0 Å². The van der Waals surface area contributed by atoms with E-state index in [1.54, 1.807) is 6.07 Å². The summed E-state index contributed by atoms with van der Waals surface area (Å²) in [6.07, 6.45) is 1.21. The first kappa shape index (κ1) is 12.4. The molecule has 2 amide bonds. The van der Waals surface area contributed by atoms with Crippen LogP contribution in [-0.4, -0.2) is 28.9 Å². The first-order chi connectivity index (χ1) is 8.50. The fraction of sp³-hybridized carbons (Fsp3) is 0.0833. The van der Waals surface area contributed by atoms with Gasteiger partial charge in [0.25, 0.3) is 11.8 Å². The molecule has 0 bridgehead atoms. The molecule has 1 aliphatic heterocycles. The third-order valence-electron chi connectivity index (χ3n) is 2.51. The lowest BCUT2D eigenvalue weighted by Gasteiger charge is -2.25. The molecule has 0 saturated carbocycles. The van der Waals surface area contributed by atoms with Crippen molar-refractivity contribution in [3.05, 3.63) is 41.2 Å². The summed E-state index contributed by atoms with van der Waals surface area (Å²) in [5.41, 5.74) is 0.0356. The highest BCUT2D eigenvalue weighted by Crippen LogP contribution is 2.15. The summed E-state index contributed by atoms with van der Waals surface area (Å²) in [4.78, 5) is 24.6. The Bertz CT molecular complexity index is 583. The molecule has 1 aromatic carbocycles. The molecule has 0 aliphatic carbocycles. The van der Waals surface area contributed by atoms with E-state index in [1.165, 1.54) is 31.3 Å². The van der Waals surface area contributed by atoms with E-state index < -0.39 is 17.6 Å². The summed E-state index contributed by atoms with van der Waals surface area (Å²) in [5.74, 6) is -1.67. The van der Waals surface area contributed by atoms with Gasteiger partial charge in [-0.2, -0.15) is 0 Å². The van der Waals surface area contributed by atoms with Crippen molar-refractivity contribution < 1.29 is 14.0 Å². The van der Waals surface area contributed by atoms with E-state index in [-0.39, 0.29) is 16.2 Å². The second-order valence-electron chi connectivity index (χ2n) is 3.70. The molecule has 0 spiro atoms. The van der Waals surface area contributed by atoms with Crippen LogP contribution in [0, 0.1) is 5.82 Å². The Labute approximate surface area is 108 Å². The highest BCUT2D eigenvalue weighted by molar-refractivity contribution is 7.80. The Hall–Kier alpha value is -2.08. The minimum atomic E-state index is -0.619. The third kappa shape index (κ3) is 2.14. The van der Waals surface area contributed by atoms with Gasteiger partial charge in [0, 0.05) is 12.6 Å². The molecule has 18 heavy (non-hydrogen) atoms. The predicted octanol–water partition coefficient (Wildman–Crippen LogP) is 1.08. The lowest BCUT2D eigenvalue weighted by molar-refractivity contribution is -0.128. The van der Waals surface area contributed by atoms with Gasteiger partial charge >= 0.3 is 0 Å². The average Bonchev–Trinajstić information content (AvgIpc) is 2.34. The SMILES string of the molecule is CN1C(=O)/C(=C/c2ccccc2F)C(=O)NC1=S. The molecule has 0 aromatic heterocycles. The number of carbonyl (C=O) groups excluding carboxylic acids is 2. The first-order valence-electron chi connectivity index (χ1n) is 5.10. The zero-order valence-corrected chi connectivity index (χ0v) is 10.3. The lowest BCUT2D eigenvalue weighted by Crippen LogP contribution is -2.52. The van der Waals surface area contributed by atoms with E-state index in [2.05, 4.69) is 5.32 Å². The van der Waals surface area contributed by atoms with Crippen LogP contribution in [0.5, 0.6) is 0 Å². The summed E-state index contributed by atoms with van der Waals surface area (Å²) in [7, 11) is 1.44. The number of hydrogen-bond acceptors (Lipinski definition) is 3. The fourth-order valence-corrected chi connectivity index (χ4v) is 1.67. The lowest BCUT2D eigenvalue weighted by atomic mass is 10.1. The number of amides is 2. The van der Waals surface area contributed by atoms with Crippen molar-refractivity contribution in [1.29, 1.82) is 0 Å². The van der Waals surface area contributed by atoms with Crippen LogP contribution >= 0.6 is 12.2 Å². The van der Waals surface area contributed by atoms with Crippen molar-refractivity contribution in [3.63, 3.8) is 0 Å². The van der Waals surface area contributed by atoms with Gasteiger partial charge in [-0.1, -0.05) is 18.2 Å². The van der Waals surface area contributed by atoms with E-state index >= 15 is 0 Å². The summed E-state index contributed by atoms with van der Waals surface area (Å²) in [6.45, 7) is 0. The van der Waals surface area contributed by atoms with E-state index in [4.69, 9.17) is 12.2 Å². The van der Waals surface area contributed by atoms with Gasteiger partial charge in [-0.25, -0.2) is 4.39 Å². The van der Waals surface area contributed by atoms with Crippen molar-refractivity contribution in [2.24, 2.45) is 0 Å². The van der Waals surface area contributed by atoms with Gasteiger partial charge in [0.2, 0.25) is 0 Å². The van der Waals surface area contributed by atoms with Gasteiger partial charge in [-0.3, -0.25) is 19.8 Å². The largest absolute Gasteiger partial charge is 0.298 e. The van der Waals surface area contributed by atoms with Crippen molar-refractivity contribution >= 4 is 35.2 Å². The number of nitrogens with one attached hydrogen (secondary N) is 1. The van der Waals surface area contributed by atoms with Crippen LogP contribution < -0.4 is 5.32 Å². The van der Waals surface area contributed by atoms with Crippen LogP contribution in [0.25, 0.3) is 6.08 Å². The maximum absolute atomic E-state index is 13.4. The van der Waals surface area contributed by atoms with Crippen LogP contribution in [0.3, 0.4) is 0 Å². The number of rotatable bonds is 1. The Morgan fingerprint density at radius 1 is 1.33 bits per heavy atom. The molecule has 1 heterocycles. The minimum Gasteiger partial charge on any atom is -0.298 e. The van der Waals surface area contributed by atoms with E-state index in [0.717, 1.165) is 4.90 Å². The molecule has 1 fully saturated rings. The monoisotopic (exact) mass is 264 g/mol. The Kier molecular flexibility index (Phi) is 3.20. The minimum absolute atomic E-state index is 0.0377. The quantitative estimate of drug-likeness (QED) is 0.469.